The van der Waals surface area contributed by atoms with E-state index in [1.54, 1.807) is 12.3 Å². The first kappa shape index (κ1) is 45.3. The Balaban J connectivity index is 0.000000545. The van der Waals surface area contributed by atoms with E-state index in [9.17, 15) is 44.3 Å². The molecule has 7 N–H and O–H groups in total. The maximum atomic E-state index is 13.0. The van der Waals surface area contributed by atoms with Crippen LogP contribution in [-0.4, -0.2) is 106 Å². The van der Waals surface area contributed by atoms with Crippen LogP contribution in [0.2, 0.25) is 0 Å². The molecule has 1 atom stereocenters. The van der Waals surface area contributed by atoms with Crippen molar-refractivity contribution in [1.29, 1.82) is 0 Å². The van der Waals surface area contributed by atoms with Crippen molar-refractivity contribution >= 4 is 35.5 Å². The predicted octanol–water partition coefficient (Wildman–Crippen LogP) is 4.22. The van der Waals surface area contributed by atoms with Gasteiger partial charge in [-0.3, -0.25) is 4.79 Å². The number of carboxylic acids is 3. The minimum absolute atomic E-state index is 0.0870. The minimum Gasteiger partial charge on any atom is -0.490 e. The molecule has 0 saturated heterocycles. The highest BCUT2D eigenvalue weighted by Crippen LogP contribution is 2.31. The smallest absolute Gasteiger partial charge is 0.490 e. The Labute approximate surface area is 293 Å². The number of rotatable bonds is 7. The molecule has 0 fully saturated rings. The van der Waals surface area contributed by atoms with Crippen LogP contribution in [0.1, 0.15) is 11.1 Å². The first-order valence-electron chi connectivity index (χ1n) is 14.3. The number of hydrogen-bond donors (Lipinski definition) is 6. The molecule has 0 spiro atoms. The number of nitrogens with zero attached hydrogens (tertiary/aromatic N) is 3. The fraction of sp³-hybridized carbons (Fsp3) is 0.333. The number of ether oxygens (including phenoxy) is 1. The fourth-order valence-electron chi connectivity index (χ4n) is 3.64. The molecule has 53 heavy (non-hydrogen) atoms. The standard InChI is InChI=1S/C24H28N6O2.3C2HF3O2/c1-30(2)11-12-32-22-14-17(19-9-10-26-24(25)29-19)7-8-20(22)28-23(31)21-13-16-5-3-4-6-18(16)15-27-21;3*3-2(4,5)1(6)7/h3-10,14,21,27H,11-13,15H2,1-2H3,(H,28,31)(H2,25,26,29);3*(H,6,7)/t21-;;;/m1.../s1. The lowest BCUT2D eigenvalue weighted by Gasteiger charge is -2.25. The molecular weight excluding hydrogens is 743 g/mol. The predicted molar refractivity (Wildman–Crippen MR) is 166 cm³/mol. The number of benzene rings is 2. The molecule has 0 radical (unpaired) electrons. The summed E-state index contributed by atoms with van der Waals surface area (Å²) in [6.07, 6.45) is -13.0. The average Bonchev–Trinajstić information content (AvgIpc) is 3.04. The van der Waals surface area contributed by atoms with Gasteiger partial charge < -0.3 is 41.3 Å². The molecule has 0 aliphatic carbocycles. The number of carboxylic acid groups (broad SMARTS) is 3. The number of aliphatic carboxylic acids is 3. The van der Waals surface area contributed by atoms with Crippen molar-refractivity contribution in [2.75, 3.05) is 38.3 Å². The highest BCUT2D eigenvalue weighted by Gasteiger charge is 2.39. The van der Waals surface area contributed by atoms with Crippen LogP contribution in [0.4, 0.5) is 51.1 Å². The van der Waals surface area contributed by atoms with Crippen LogP contribution < -0.4 is 21.1 Å². The third kappa shape index (κ3) is 16.9. The molecule has 1 amide bonds. The minimum atomic E-state index is -5.08. The number of amides is 1. The summed E-state index contributed by atoms with van der Waals surface area (Å²) >= 11 is 0. The van der Waals surface area contributed by atoms with Gasteiger partial charge in [-0.1, -0.05) is 30.3 Å². The third-order valence-electron chi connectivity index (χ3n) is 6.13. The maximum absolute atomic E-state index is 13.0. The van der Waals surface area contributed by atoms with Gasteiger partial charge in [-0.05, 0) is 49.8 Å². The highest BCUT2D eigenvalue weighted by atomic mass is 19.4. The number of halogens is 9. The van der Waals surface area contributed by atoms with Crippen LogP contribution in [0.15, 0.2) is 54.7 Å². The molecule has 0 saturated carbocycles. The van der Waals surface area contributed by atoms with Crippen LogP contribution >= 0.6 is 0 Å². The summed E-state index contributed by atoms with van der Waals surface area (Å²) in [6, 6.07) is 15.3. The van der Waals surface area contributed by atoms with Gasteiger partial charge in [0.2, 0.25) is 11.9 Å². The molecular formula is C30H31F9N6O8. The van der Waals surface area contributed by atoms with Gasteiger partial charge in [0.05, 0.1) is 17.4 Å². The Morgan fingerprint density at radius 3 is 1.85 bits per heavy atom. The first-order chi connectivity index (χ1) is 24.3. The summed E-state index contributed by atoms with van der Waals surface area (Å²) in [5.74, 6) is -7.56. The van der Waals surface area contributed by atoms with Gasteiger partial charge in [0.25, 0.3) is 0 Å². The van der Waals surface area contributed by atoms with E-state index in [4.69, 9.17) is 40.2 Å². The van der Waals surface area contributed by atoms with Crippen molar-refractivity contribution in [3.05, 3.63) is 65.9 Å². The molecule has 2 heterocycles. The lowest BCUT2D eigenvalue weighted by molar-refractivity contribution is -0.193. The summed E-state index contributed by atoms with van der Waals surface area (Å²) < 4.78 is 101. The highest BCUT2D eigenvalue weighted by molar-refractivity contribution is 5.97. The van der Waals surface area contributed by atoms with Crippen molar-refractivity contribution in [3.63, 3.8) is 0 Å². The van der Waals surface area contributed by atoms with E-state index < -0.39 is 36.4 Å². The van der Waals surface area contributed by atoms with Crippen molar-refractivity contribution in [1.82, 2.24) is 20.2 Å². The van der Waals surface area contributed by atoms with E-state index in [1.165, 1.54) is 11.1 Å². The molecule has 4 rings (SSSR count). The second kappa shape index (κ2) is 19.8. The fourth-order valence-corrected chi connectivity index (χ4v) is 3.64. The van der Waals surface area contributed by atoms with Crippen LogP contribution in [-0.2, 0) is 32.1 Å². The van der Waals surface area contributed by atoms with Gasteiger partial charge >= 0.3 is 36.4 Å². The summed E-state index contributed by atoms with van der Waals surface area (Å²) in [7, 11) is 3.97. The van der Waals surface area contributed by atoms with Crippen molar-refractivity contribution in [2.24, 2.45) is 0 Å². The SMILES string of the molecule is CN(C)CCOc1cc(-c2ccnc(N)n2)ccc1NC(=O)[C@H]1Cc2ccccc2CN1.O=C(O)C(F)(F)F.O=C(O)C(F)(F)F.O=C(O)C(F)(F)F. The maximum Gasteiger partial charge on any atom is 0.490 e. The van der Waals surface area contributed by atoms with Crippen LogP contribution in [0.5, 0.6) is 5.75 Å². The average molecular weight is 775 g/mol. The van der Waals surface area contributed by atoms with Gasteiger partial charge in [-0.15, -0.1) is 0 Å². The molecule has 3 aromatic rings. The van der Waals surface area contributed by atoms with E-state index in [0.29, 0.717) is 36.7 Å². The number of anilines is 2. The molecule has 2 aromatic carbocycles. The summed E-state index contributed by atoms with van der Waals surface area (Å²) in [5.41, 5.74) is 10.3. The number of fused-ring (bicyclic) bond motifs is 1. The second-order valence-electron chi connectivity index (χ2n) is 10.5. The number of nitrogen functional groups attached to an aromatic ring is 1. The largest absolute Gasteiger partial charge is 0.490 e. The Kier molecular flexibility index (Phi) is 16.9. The summed E-state index contributed by atoms with van der Waals surface area (Å²) in [5, 5.41) is 27.7. The first-order valence-corrected chi connectivity index (χ1v) is 14.3. The zero-order valence-electron chi connectivity index (χ0n) is 27.3. The monoisotopic (exact) mass is 774 g/mol. The zero-order chi connectivity index (χ0) is 40.7. The quantitative estimate of drug-likeness (QED) is 0.186. The second-order valence-corrected chi connectivity index (χ2v) is 10.5. The van der Waals surface area contributed by atoms with E-state index in [0.717, 1.165) is 12.1 Å². The van der Waals surface area contributed by atoms with Crippen molar-refractivity contribution < 1.29 is 78.7 Å². The van der Waals surface area contributed by atoms with Crippen LogP contribution in [0, 0.1) is 0 Å². The number of hydrogen-bond acceptors (Lipinski definition) is 10. The zero-order valence-corrected chi connectivity index (χ0v) is 27.3. The summed E-state index contributed by atoms with van der Waals surface area (Å²) in [6.45, 7) is 1.91. The molecule has 23 heteroatoms. The lowest BCUT2D eigenvalue weighted by Crippen LogP contribution is -2.44. The van der Waals surface area contributed by atoms with Crippen LogP contribution in [0.25, 0.3) is 11.3 Å². The number of carbonyl (C=O) groups is 4. The Morgan fingerprint density at radius 2 is 1.38 bits per heavy atom. The van der Waals surface area contributed by atoms with Gasteiger partial charge in [-0.2, -0.15) is 39.5 Å². The van der Waals surface area contributed by atoms with E-state index in [1.807, 2.05) is 49.3 Å². The Morgan fingerprint density at radius 1 is 0.868 bits per heavy atom. The molecule has 1 aliphatic rings. The number of alkyl halides is 9. The Hall–Kier alpha value is -5.71. The van der Waals surface area contributed by atoms with E-state index in [2.05, 4.69) is 32.7 Å². The van der Waals surface area contributed by atoms with Crippen molar-refractivity contribution in [2.45, 2.75) is 37.5 Å². The number of likely N-dealkylation sites (N-methyl/N-ethyl adjacent to an activating group) is 1. The Bertz CT molecular complexity index is 1650. The molecule has 1 aliphatic heterocycles. The van der Waals surface area contributed by atoms with Gasteiger partial charge in [-0.25, -0.2) is 24.4 Å². The van der Waals surface area contributed by atoms with Crippen molar-refractivity contribution in [3.8, 4) is 17.0 Å². The van der Waals surface area contributed by atoms with Gasteiger partial charge in [0.15, 0.2) is 0 Å². The molecule has 14 nitrogen and oxygen atoms in total. The number of nitrogens with two attached hydrogens (primary N) is 1. The topological polar surface area (TPSA) is 217 Å². The summed E-state index contributed by atoms with van der Waals surface area (Å²) in [4.78, 5) is 50.0. The van der Waals surface area contributed by atoms with E-state index >= 15 is 0 Å². The molecule has 1 aromatic heterocycles. The van der Waals surface area contributed by atoms with E-state index in [-0.39, 0.29) is 17.9 Å². The molecule has 0 unspecified atom stereocenters. The molecule has 0 bridgehead atoms. The number of aromatic nitrogens is 2. The normalized spacial score (nSPS) is 13.7. The lowest BCUT2D eigenvalue weighted by atomic mass is 9.95. The van der Waals surface area contributed by atoms with Crippen LogP contribution in [0.3, 0.4) is 0 Å². The van der Waals surface area contributed by atoms with Gasteiger partial charge in [0.1, 0.15) is 12.4 Å². The number of carbonyl (C=O) groups excluding carboxylic acids is 1. The molecule has 292 valence electrons. The van der Waals surface area contributed by atoms with Gasteiger partial charge in [0, 0.05) is 24.8 Å². The third-order valence-corrected chi connectivity index (χ3v) is 6.13. The number of nitrogens with one attached hydrogen (secondary N) is 2.